The van der Waals surface area contributed by atoms with Gasteiger partial charge in [-0.05, 0) is 58.5 Å². The number of methoxy groups -OCH3 is 1. The van der Waals surface area contributed by atoms with E-state index in [2.05, 4.69) is 47.4 Å². The fourth-order valence-corrected chi connectivity index (χ4v) is 6.45. The van der Waals surface area contributed by atoms with E-state index in [1.807, 2.05) is 36.2 Å². The Morgan fingerprint density at radius 1 is 1.28 bits per heavy atom. The van der Waals surface area contributed by atoms with Crippen LogP contribution in [0.3, 0.4) is 0 Å². The second-order valence-corrected chi connectivity index (χ2v) is 11.9. The van der Waals surface area contributed by atoms with Crippen molar-refractivity contribution in [3.05, 3.63) is 58.5 Å². The second-order valence-electron chi connectivity index (χ2n) is 10.4. The van der Waals surface area contributed by atoms with E-state index >= 15 is 0 Å². The lowest BCUT2D eigenvalue weighted by molar-refractivity contribution is 0.0653. The minimum atomic E-state index is -0.765. The van der Waals surface area contributed by atoms with E-state index in [0.717, 1.165) is 22.8 Å². The molecule has 0 fully saturated rings. The molecule has 10 nitrogen and oxygen atoms in total. The molecule has 2 heterocycles. The number of rotatable bonds is 14. The number of pyridine rings is 1. The Morgan fingerprint density at radius 2 is 2.07 bits per heavy atom. The van der Waals surface area contributed by atoms with Crippen LogP contribution in [0.25, 0.3) is 10.9 Å². The molecule has 230 valence electrons. The Balaban J connectivity index is 1.51. The number of aromatic nitrogens is 1. The maximum Gasteiger partial charge on any atom is 0.163 e. The van der Waals surface area contributed by atoms with Gasteiger partial charge in [0.05, 0.1) is 48.2 Å². The number of allylic oxidation sites excluding steroid dienone is 2. The summed E-state index contributed by atoms with van der Waals surface area (Å²) < 4.78 is 11.7. The molecule has 2 unspecified atom stereocenters. The topological polar surface area (TPSA) is 126 Å². The average Bonchev–Trinajstić information content (AvgIpc) is 3.27. The molecule has 0 spiro atoms. The highest BCUT2D eigenvalue weighted by Crippen LogP contribution is 2.40. The van der Waals surface area contributed by atoms with E-state index in [9.17, 15) is 10.4 Å². The molecule has 0 aliphatic carbocycles. The lowest BCUT2D eigenvalue weighted by atomic mass is 10.1. The fourth-order valence-electron chi connectivity index (χ4n) is 4.91. The smallest absolute Gasteiger partial charge is 0.163 e. The van der Waals surface area contributed by atoms with Crippen LogP contribution in [0.5, 0.6) is 11.5 Å². The quantitative estimate of drug-likeness (QED) is 0.178. The number of nitriles is 1. The van der Waals surface area contributed by atoms with Gasteiger partial charge in [-0.15, -0.1) is 0 Å². The van der Waals surface area contributed by atoms with Gasteiger partial charge in [-0.2, -0.15) is 5.26 Å². The molecule has 0 radical (unpaired) electrons. The van der Waals surface area contributed by atoms with Crippen molar-refractivity contribution >= 4 is 45.6 Å². The van der Waals surface area contributed by atoms with Gasteiger partial charge in [0.1, 0.15) is 6.07 Å². The van der Waals surface area contributed by atoms with Crippen molar-refractivity contribution in [2.75, 3.05) is 52.3 Å². The lowest BCUT2D eigenvalue weighted by Gasteiger charge is -2.26. The number of ether oxygens (including phenoxy) is 2. The number of likely N-dealkylation sites (N-methyl/N-ethyl adjacent to an activating group) is 1. The van der Waals surface area contributed by atoms with Crippen LogP contribution < -0.4 is 20.1 Å². The molecular formula is C31H39ClN6O4S. The number of nitrogens with one attached hydrogen (secondary N) is 2. The molecule has 2 atom stereocenters. The largest absolute Gasteiger partial charge is 0.493 e. The number of hydrogen-bond acceptors (Lipinski definition) is 11. The number of aliphatic hydroxyl groups excluding tert-OH is 2. The summed E-state index contributed by atoms with van der Waals surface area (Å²) in [7, 11) is 3.45. The Bertz CT molecular complexity index is 1510. The maximum absolute atomic E-state index is 9.88. The predicted octanol–water partition coefficient (Wildman–Crippen LogP) is 5.12. The zero-order valence-electron chi connectivity index (χ0n) is 25.1. The molecule has 4 rings (SSSR count). The minimum absolute atomic E-state index is 0.0691. The van der Waals surface area contributed by atoms with E-state index in [1.54, 1.807) is 24.9 Å². The standard InChI is InChI=1S/C31H39ClN6O4S/c1-6-38-20(3)19(2)35-31(38)43-29-9-8-22(12-25(29)32)36-30-21(15-33)16-34-26-14-28(27(41-5)13-24(26)30)42-11-7-10-37(4)17-23(40)18-39/h8-9,12-14,16,23,31,35,39-40H,6-7,10-11,17-18H2,1-5H3,(H,34,36). The van der Waals surface area contributed by atoms with Gasteiger partial charge in [0, 0.05) is 59.3 Å². The van der Waals surface area contributed by atoms with Gasteiger partial charge in [-0.25, -0.2) is 0 Å². The van der Waals surface area contributed by atoms with Gasteiger partial charge in [0.25, 0.3) is 0 Å². The summed E-state index contributed by atoms with van der Waals surface area (Å²) in [5.74, 6) is 1.06. The van der Waals surface area contributed by atoms with Crippen molar-refractivity contribution in [3.8, 4) is 17.6 Å². The van der Waals surface area contributed by atoms with E-state index in [-0.39, 0.29) is 12.1 Å². The molecule has 1 aliphatic rings. The van der Waals surface area contributed by atoms with Crippen LogP contribution in [0.4, 0.5) is 11.4 Å². The van der Waals surface area contributed by atoms with Crippen LogP contribution in [0.2, 0.25) is 5.02 Å². The van der Waals surface area contributed by atoms with E-state index in [0.29, 0.717) is 64.8 Å². The highest BCUT2D eigenvalue weighted by Gasteiger charge is 2.27. The summed E-state index contributed by atoms with van der Waals surface area (Å²) in [6, 6.07) is 11.7. The maximum atomic E-state index is 9.88. The molecule has 2 aromatic carbocycles. The zero-order chi connectivity index (χ0) is 31.1. The number of nitrogens with zero attached hydrogens (tertiary/aromatic N) is 4. The highest BCUT2D eigenvalue weighted by molar-refractivity contribution is 8.00. The van der Waals surface area contributed by atoms with Gasteiger partial charge in [-0.1, -0.05) is 23.4 Å². The summed E-state index contributed by atoms with van der Waals surface area (Å²) >= 11 is 8.41. The molecule has 4 N–H and O–H groups in total. The molecule has 0 bridgehead atoms. The molecule has 43 heavy (non-hydrogen) atoms. The van der Waals surface area contributed by atoms with Gasteiger partial charge in [-0.3, -0.25) is 4.98 Å². The first kappa shape index (κ1) is 32.5. The monoisotopic (exact) mass is 626 g/mol. The second kappa shape index (κ2) is 14.9. The lowest BCUT2D eigenvalue weighted by Crippen LogP contribution is -2.33. The minimum Gasteiger partial charge on any atom is -0.493 e. The van der Waals surface area contributed by atoms with Crippen molar-refractivity contribution in [1.82, 2.24) is 20.1 Å². The van der Waals surface area contributed by atoms with Crippen LogP contribution in [0, 0.1) is 11.3 Å². The zero-order valence-corrected chi connectivity index (χ0v) is 26.7. The Morgan fingerprint density at radius 3 is 2.74 bits per heavy atom. The Kier molecular flexibility index (Phi) is 11.2. The SMILES string of the molecule is CCN1C(C)=C(C)NC1Sc1ccc(Nc2c(C#N)cnc3cc(OCCCN(C)CC(O)CO)c(OC)cc23)cc1Cl. The van der Waals surface area contributed by atoms with Crippen molar-refractivity contribution in [3.63, 3.8) is 0 Å². The number of benzene rings is 2. The van der Waals surface area contributed by atoms with Gasteiger partial charge < -0.3 is 40.1 Å². The third-order valence-electron chi connectivity index (χ3n) is 7.33. The van der Waals surface area contributed by atoms with Gasteiger partial charge in [0.2, 0.25) is 0 Å². The van der Waals surface area contributed by atoms with Crippen molar-refractivity contribution in [1.29, 1.82) is 5.26 Å². The summed E-state index contributed by atoms with van der Waals surface area (Å²) in [6.45, 7) is 8.45. The first-order valence-electron chi connectivity index (χ1n) is 14.1. The third kappa shape index (κ3) is 7.77. The van der Waals surface area contributed by atoms with E-state index < -0.39 is 6.10 Å². The molecule has 12 heteroatoms. The van der Waals surface area contributed by atoms with Crippen LogP contribution in [0.15, 0.2) is 52.8 Å². The van der Waals surface area contributed by atoms with E-state index in [1.165, 1.54) is 11.9 Å². The van der Waals surface area contributed by atoms with Crippen molar-refractivity contribution in [2.45, 2.75) is 43.7 Å². The van der Waals surface area contributed by atoms with Gasteiger partial charge >= 0.3 is 0 Å². The molecule has 0 amide bonds. The number of aliphatic hydroxyl groups is 2. The molecule has 0 saturated heterocycles. The number of hydrogen-bond donors (Lipinski definition) is 4. The predicted molar refractivity (Wildman–Crippen MR) is 172 cm³/mol. The number of anilines is 2. The molecule has 0 saturated carbocycles. The third-order valence-corrected chi connectivity index (χ3v) is 8.96. The molecule has 3 aromatic rings. The molecule has 1 aromatic heterocycles. The summed E-state index contributed by atoms with van der Waals surface area (Å²) in [5.41, 5.74) is 4.83. The van der Waals surface area contributed by atoms with Gasteiger partial charge in [0.15, 0.2) is 17.0 Å². The average molecular weight is 627 g/mol. The fraction of sp³-hybridized carbons (Fsp3) is 0.419. The Labute approximate surface area is 262 Å². The first-order valence-corrected chi connectivity index (χ1v) is 15.4. The van der Waals surface area contributed by atoms with Crippen LogP contribution in [-0.2, 0) is 0 Å². The summed E-state index contributed by atoms with van der Waals surface area (Å²) in [6.07, 6.45) is 1.48. The van der Waals surface area contributed by atoms with Crippen LogP contribution >= 0.6 is 23.4 Å². The summed E-state index contributed by atoms with van der Waals surface area (Å²) in [5, 5.41) is 36.8. The van der Waals surface area contributed by atoms with Crippen molar-refractivity contribution < 1.29 is 19.7 Å². The molecular weight excluding hydrogens is 588 g/mol. The number of thioether (sulfide) groups is 1. The van der Waals surface area contributed by atoms with Crippen LogP contribution in [0.1, 0.15) is 32.8 Å². The Hall–Kier alpha value is -3.40. The van der Waals surface area contributed by atoms with Crippen LogP contribution in [-0.4, -0.2) is 83.6 Å². The number of fused-ring (bicyclic) bond motifs is 1. The van der Waals surface area contributed by atoms with Crippen molar-refractivity contribution in [2.24, 2.45) is 0 Å². The normalized spacial score (nSPS) is 15.5. The summed E-state index contributed by atoms with van der Waals surface area (Å²) in [4.78, 5) is 9.69. The highest BCUT2D eigenvalue weighted by atomic mass is 35.5. The van der Waals surface area contributed by atoms with E-state index in [4.69, 9.17) is 26.2 Å². The first-order chi connectivity index (χ1) is 20.7. The molecule has 1 aliphatic heterocycles. The number of halogens is 1.